The van der Waals surface area contributed by atoms with Crippen molar-refractivity contribution in [1.82, 2.24) is 4.98 Å². The molecule has 0 aliphatic rings. The lowest BCUT2D eigenvalue weighted by Gasteiger charge is -2.03. The second kappa shape index (κ2) is 7.90. The molecule has 0 spiro atoms. The normalized spacial score (nSPS) is 11.8. The van der Waals surface area contributed by atoms with Crippen LogP contribution in [0.15, 0.2) is 65.0 Å². The van der Waals surface area contributed by atoms with E-state index in [1.54, 1.807) is 24.3 Å². The number of aromatic nitrogens is 1. The molecule has 0 radical (unpaired) electrons. The van der Waals surface area contributed by atoms with Crippen LogP contribution in [0.4, 0.5) is 5.69 Å². The molecule has 3 aromatic rings. The quantitative estimate of drug-likeness (QED) is 0.609. The van der Waals surface area contributed by atoms with Crippen LogP contribution < -0.4 is 10.5 Å². The van der Waals surface area contributed by atoms with Crippen molar-refractivity contribution in [3.63, 3.8) is 0 Å². The van der Waals surface area contributed by atoms with Crippen molar-refractivity contribution in [3.8, 4) is 17.3 Å². The summed E-state index contributed by atoms with van der Waals surface area (Å²) < 4.78 is 22.5. The predicted octanol–water partition coefficient (Wildman–Crippen LogP) is 4.09. The number of hydrogen-bond donors (Lipinski definition) is 2. The van der Waals surface area contributed by atoms with Gasteiger partial charge in [0.15, 0.2) is 0 Å². The molecule has 0 aliphatic heterocycles. The second-order valence-electron chi connectivity index (χ2n) is 5.43. The largest absolute Gasteiger partial charge is 0.360 e. The molecule has 1 heterocycles. The number of benzene rings is 2. The van der Waals surface area contributed by atoms with Gasteiger partial charge in [-0.3, -0.25) is 0 Å². The number of sulfonamides is 1. The molecule has 0 aliphatic carbocycles. The molecule has 0 atom stereocenters. The maximum Gasteiger partial charge on any atom is 0.238 e. The summed E-state index contributed by atoms with van der Waals surface area (Å²) in [6.07, 6.45) is 1.52. The Bertz CT molecular complexity index is 1130. The SMILES string of the molecule is N#C/C(=C\Nc1ccc(S(N)(=O)=O)cc1)c1nc(-c2ccc(Cl)cc2)cs1. The first-order valence-electron chi connectivity index (χ1n) is 7.58. The molecule has 0 saturated carbocycles. The van der Waals surface area contributed by atoms with Crippen molar-refractivity contribution in [3.05, 3.63) is 70.1 Å². The molecule has 3 N–H and O–H groups in total. The minimum Gasteiger partial charge on any atom is -0.360 e. The Labute approximate surface area is 165 Å². The third-order valence-electron chi connectivity index (χ3n) is 3.56. The number of thiazole rings is 1. The highest BCUT2D eigenvalue weighted by Crippen LogP contribution is 2.27. The van der Waals surface area contributed by atoms with Crippen LogP contribution in [0, 0.1) is 11.3 Å². The van der Waals surface area contributed by atoms with Crippen molar-refractivity contribution in [2.75, 3.05) is 5.32 Å². The standard InChI is InChI=1S/C18H13ClN4O2S2/c19-14-3-1-12(2-4-14)17-11-26-18(23-17)13(9-20)10-22-15-5-7-16(8-6-15)27(21,24)25/h1-8,10-11,22H,(H2,21,24,25)/b13-10+. The van der Waals surface area contributed by atoms with E-state index in [0.717, 1.165) is 11.3 Å². The number of rotatable bonds is 5. The van der Waals surface area contributed by atoms with E-state index in [1.165, 1.54) is 29.7 Å². The number of halogens is 1. The summed E-state index contributed by atoms with van der Waals surface area (Å²) in [5.74, 6) is 0. The van der Waals surface area contributed by atoms with Gasteiger partial charge in [-0.25, -0.2) is 18.5 Å². The minimum absolute atomic E-state index is 0.0186. The number of hydrogen-bond acceptors (Lipinski definition) is 6. The third kappa shape index (κ3) is 4.72. The molecule has 2 aromatic carbocycles. The van der Waals surface area contributed by atoms with Gasteiger partial charge in [-0.05, 0) is 36.4 Å². The Hall–Kier alpha value is -2.70. The molecule has 1 aromatic heterocycles. The molecule has 6 nitrogen and oxygen atoms in total. The van der Waals surface area contributed by atoms with Gasteiger partial charge < -0.3 is 5.32 Å². The Kier molecular flexibility index (Phi) is 5.58. The van der Waals surface area contributed by atoms with Crippen LogP contribution in [-0.2, 0) is 10.0 Å². The van der Waals surface area contributed by atoms with Gasteiger partial charge in [0.05, 0.1) is 10.6 Å². The molecule has 136 valence electrons. The first-order valence-corrected chi connectivity index (χ1v) is 10.4. The van der Waals surface area contributed by atoms with Gasteiger partial charge in [0, 0.05) is 27.9 Å². The van der Waals surface area contributed by atoms with E-state index in [1.807, 2.05) is 17.5 Å². The van der Waals surface area contributed by atoms with E-state index in [0.29, 0.717) is 21.3 Å². The van der Waals surface area contributed by atoms with E-state index < -0.39 is 10.0 Å². The lowest BCUT2D eigenvalue weighted by Crippen LogP contribution is -2.11. The summed E-state index contributed by atoms with van der Waals surface area (Å²) in [5, 5.41) is 20.5. The van der Waals surface area contributed by atoms with E-state index in [4.69, 9.17) is 16.7 Å². The van der Waals surface area contributed by atoms with E-state index in [9.17, 15) is 13.7 Å². The molecular formula is C18H13ClN4O2S2. The highest BCUT2D eigenvalue weighted by Gasteiger charge is 2.10. The lowest BCUT2D eigenvalue weighted by molar-refractivity contribution is 0.598. The Morgan fingerprint density at radius 3 is 2.44 bits per heavy atom. The number of nitriles is 1. The Balaban J connectivity index is 1.79. The molecule has 3 rings (SSSR count). The highest BCUT2D eigenvalue weighted by molar-refractivity contribution is 7.89. The van der Waals surface area contributed by atoms with Crippen LogP contribution >= 0.6 is 22.9 Å². The smallest absolute Gasteiger partial charge is 0.238 e. The molecule has 0 saturated heterocycles. The Morgan fingerprint density at radius 2 is 1.85 bits per heavy atom. The van der Waals surface area contributed by atoms with Crippen molar-refractivity contribution in [1.29, 1.82) is 5.26 Å². The van der Waals surface area contributed by atoms with E-state index >= 15 is 0 Å². The zero-order valence-electron chi connectivity index (χ0n) is 13.8. The van der Waals surface area contributed by atoms with Crippen LogP contribution in [-0.4, -0.2) is 13.4 Å². The number of nitrogens with two attached hydrogens (primary N) is 1. The van der Waals surface area contributed by atoms with E-state index in [2.05, 4.69) is 16.4 Å². The van der Waals surface area contributed by atoms with Gasteiger partial charge in [-0.1, -0.05) is 23.7 Å². The molecule has 9 heteroatoms. The van der Waals surface area contributed by atoms with Crippen LogP contribution in [0.5, 0.6) is 0 Å². The number of primary sulfonamides is 1. The van der Waals surface area contributed by atoms with E-state index in [-0.39, 0.29) is 4.90 Å². The molecule has 0 bridgehead atoms. The first kappa shape index (κ1) is 19.1. The predicted molar refractivity (Wildman–Crippen MR) is 108 cm³/mol. The number of anilines is 1. The summed E-state index contributed by atoms with van der Waals surface area (Å²) >= 11 is 7.24. The fourth-order valence-electron chi connectivity index (χ4n) is 2.19. The highest BCUT2D eigenvalue weighted by atomic mass is 35.5. The van der Waals surface area contributed by atoms with Gasteiger partial charge >= 0.3 is 0 Å². The van der Waals surface area contributed by atoms with Gasteiger partial charge in [0.25, 0.3) is 0 Å². The average Bonchev–Trinajstić information content (AvgIpc) is 3.12. The fourth-order valence-corrected chi connectivity index (χ4v) is 3.62. The van der Waals surface area contributed by atoms with Crippen LogP contribution in [0.2, 0.25) is 5.02 Å². The maximum atomic E-state index is 11.3. The second-order valence-corrected chi connectivity index (χ2v) is 8.28. The average molecular weight is 417 g/mol. The van der Waals surface area contributed by atoms with Crippen LogP contribution in [0.3, 0.4) is 0 Å². The molecule has 0 amide bonds. The van der Waals surface area contributed by atoms with Crippen LogP contribution in [0.25, 0.3) is 16.8 Å². The summed E-state index contributed by atoms with van der Waals surface area (Å²) in [6, 6.07) is 15.3. The van der Waals surface area contributed by atoms with Gasteiger partial charge in [-0.15, -0.1) is 11.3 Å². The molecule has 0 fully saturated rings. The summed E-state index contributed by atoms with van der Waals surface area (Å²) in [6.45, 7) is 0. The fraction of sp³-hybridized carbons (Fsp3) is 0. The lowest BCUT2D eigenvalue weighted by atomic mass is 10.2. The van der Waals surface area contributed by atoms with Crippen molar-refractivity contribution in [2.24, 2.45) is 5.14 Å². The Morgan fingerprint density at radius 1 is 1.19 bits per heavy atom. The van der Waals surface area contributed by atoms with Crippen molar-refractivity contribution >= 4 is 44.2 Å². The first-order chi connectivity index (χ1) is 12.9. The zero-order valence-corrected chi connectivity index (χ0v) is 16.1. The minimum atomic E-state index is -3.74. The summed E-state index contributed by atoms with van der Waals surface area (Å²) in [5.41, 5.74) is 2.64. The molecular weight excluding hydrogens is 404 g/mol. The van der Waals surface area contributed by atoms with Gasteiger partial charge in [0.2, 0.25) is 10.0 Å². The number of allylic oxidation sites excluding steroid dienone is 1. The monoisotopic (exact) mass is 416 g/mol. The summed E-state index contributed by atoms with van der Waals surface area (Å²) in [4.78, 5) is 4.51. The maximum absolute atomic E-state index is 11.3. The number of nitrogens with one attached hydrogen (secondary N) is 1. The number of nitrogens with zero attached hydrogens (tertiary/aromatic N) is 2. The zero-order chi connectivity index (χ0) is 19.4. The van der Waals surface area contributed by atoms with Crippen molar-refractivity contribution in [2.45, 2.75) is 4.90 Å². The summed E-state index contributed by atoms with van der Waals surface area (Å²) in [7, 11) is -3.74. The third-order valence-corrected chi connectivity index (χ3v) is 5.62. The van der Waals surface area contributed by atoms with Gasteiger partial charge in [-0.2, -0.15) is 5.26 Å². The van der Waals surface area contributed by atoms with Crippen LogP contribution in [0.1, 0.15) is 5.01 Å². The van der Waals surface area contributed by atoms with Gasteiger partial charge in [0.1, 0.15) is 16.6 Å². The topological polar surface area (TPSA) is 109 Å². The van der Waals surface area contributed by atoms with Crippen molar-refractivity contribution < 1.29 is 8.42 Å². The molecule has 0 unspecified atom stereocenters. The molecule has 27 heavy (non-hydrogen) atoms.